The number of benzene rings is 1. The van der Waals surface area contributed by atoms with Gasteiger partial charge in [-0.15, -0.1) is 0 Å². The highest BCUT2D eigenvalue weighted by Crippen LogP contribution is 2.29. The van der Waals surface area contributed by atoms with Crippen LogP contribution in [0.15, 0.2) is 24.3 Å². The summed E-state index contributed by atoms with van der Waals surface area (Å²) in [5, 5.41) is 18.7. The third kappa shape index (κ3) is 3.29. The van der Waals surface area contributed by atoms with Crippen LogP contribution >= 0.6 is 0 Å². The molecule has 1 fully saturated rings. The Balaban J connectivity index is 2.05. The second-order valence-corrected chi connectivity index (χ2v) is 4.81. The molecule has 1 aliphatic rings. The maximum Gasteiger partial charge on any atom is 0.416 e. The largest absolute Gasteiger partial charge is 0.416 e. The topological polar surface area (TPSA) is 60.8 Å². The van der Waals surface area contributed by atoms with E-state index in [4.69, 9.17) is 0 Å². The lowest BCUT2D eigenvalue weighted by atomic mass is 10.1. The third-order valence-corrected chi connectivity index (χ3v) is 3.22. The number of hydrogen-bond donors (Lipinski definition) is 2. The van der Waals surface area contributed by atoms with E-state index >= 15 is 0 Å². The summed E-state index contributed by atoms with van der Waals surface area (Å²) >= 11 is 0. The Bertz CT molecular complexity index is 494. The average molecular weight is 289 g/mol. The van der Waals surface area contributed by atoms with Crippen LogP contribution in [-0.2, 0) is 17.4 Å². The molecule has 0 aliphatic carbocycles. The Morgan fingerprint density at radius 1 is 1.25 bits per heavy atom. The summed E-state index contributed by atoms with van der Waals surface area (Å²) < 4.78 is 37.6. The lowest BCUT2D eigenvalue weighted by Gasteiger charge is -2.16. The summed E-state index contributed by atoms with van der Waals surface area (Å²) in [6.45, 7) is -0.00206. The van der Waals surface area contributed by atoms with Gasteiger partial charge in [0.05, 0.1) is 24.2 Å². The molecule has 2 atom stereocenters. The van der Waals surface area contributed by atoms with E-state index < -0.39 is 29.9 Å². The fourth-order valence-electron chi connectivity index (χ4n) is 2.12. The van der Waals surface area contributed by atoms with Gasteiger partial charge in [-0.25, -0.2) is 0 Å². The van der Waals surface area contributed by atoms with Crippen molar-refractivity contribution in [3.63, 3.8) is 0 Å². The van der Waals surface area contributed by atoms with Crippen molar-refractivity contribution in [2.24, 2.45) is 0 Å². The zero-order valence-corrected chi connectivity index (χ0v) is 10.5. The van der Waals surface area contributed by atoms with Gasteiger partial charge >= 0.3 is 6.18 Å². The summed E-state index contributed by atoms with van der Waals surface area (Å²) in [5.41, 5.74) is -0.551. The molecule has 7 heteroatoms. The van der Waals surface area contributed by atoms with Crippen LogP contribution in [0.3, 0.4) is 0 Å². The third-order valence-electron chi connectivity index (χ3n) is 3.22. The highest BCUT2D eigenvalue weighted by molar-refractivity contribution is 5.79. The highest BCUT2D eigenvalue weighted by Gasteiger charge is 2.33. The summed E-state index contributed by atoms with van der Waals surface area (Å²) in [7, 11) is 0. The van der Waals surface area contributed by atoms with Crippen LogP contribution in [0.4, 0.5) is 13.2 Å². The molecule has 0 radical (unpaired) electrons. The normalized spacial score (nSPS) is 23.1. The average Bonchev–Trinajstić information content (AvgIpc) is 2.69. The van der Waals surface area contributed by atoms with Crippen molar-refractivity contribution in [3.8, 4) is 0 Å². The first-order valence-corrected chi connectivity index (χ1v) is 6.07. The molecule has 2 rings (SSSR count). The number of likely N-dealkylation sites (tertiary alicyclic amines) is 1. The number of amides is 1. The van der Waals surface area contributed by atoms with Gasteiger partial charge in [0.25, 0.3) is 0 Å². The van der Waals surface area contributed by atoms with Gasteiger partial charge in [0, 0.05) is 13.1 Å². The minimum Gasteiger partial charge on any atom is -0.388 e. The zero-order valence-electron chi connectivity index (χ0n) is 10.5. The van der Waals surface area contributed by atoms with Crippen LogP contribution in [0.25, 0.3) is 0 Å². The highest BCUT2D eigenvalue weighted by atomic mass is 19.4. The second kappa shape index (κ2) is 5.41. The predicted molar refractivity (Wildman–Crippen MR) is 63.7 cm³/mol. The van der Waals surface area contributed by atoms with Crippen LogP contribution < -0.4 is 0 Å². The van der Waals surface area contributed by atoms with Crippen LogP contribution in [0, 0.1) is 0 Å². The van der Waals surface area contributed by atoms with Gasteiger partial charge in [-0.1, -0.05) is 18.2 Å². The van der Waals surface area contributed by atoms with Gasteiger partial charge in [-0.2, -0.15) is 13.2 Å². The smallest absolute Gasteiger partial charge is 0.388 e. The quantitative estimate of drug-likeness (QED) is 0.847. The summed E-state index contributed by atoms with van der Waals surface area (Å²) in [4.78, 5) is 13.1. The first-order chi connectivity index (χ1) is 9.27. The van der Waals surface area contributed by atoms with E-state index in [2.05, 4.69) is 0 Å². The minimum atomic E-state index is -4.45. The maximum absolute atomic E-state index is 12.5. The number of halogens is 3. The van der Waals surface area contributed by atoms with Crippen molar-refractivity contribution in [1.29, 1.82) is 0 Å². The number of hydrogen-bond acceptors (Lipinski definition) is 3. The SMILES string of the molecule is O=C(Cc1cccc(C(F)(F)F)c1)N1C[C@@H](O)[C@@H](O)C1. The van der Waals surface area contributed by atoms with Crippen LogP contribution in [0.2, 0.25) is 0 Å². The molecular formula is C13H14F3NO3. The second-order valence-electron chi connectivity index (χ2n) is 4.81. The summed E-state index contributed by atoms with van der Waals surface area (Å²) in [6.07, 6.45) is -6.64. The van der Waals surface area contributed by atoms with Crippen molar-refractivity contribution in [1.82, 2.24) is 4.90 Å². The molecule has 1 saturated heterocycles. The van der Waals surface area contributed by atoms with Crippen LogP contribution in [0.5, 0.6) is 0 Å². The Hall–Kier alpha value is -1.60. The maximum atomic E-state index is 12.5. The molecule has 1 amide bonds. The van der Waals surface area contributed by atoms with E-state index in [1.807, 2.05) is 0 Å². The lowest BCUT2D eigenvalue weighted by Crippen LogP contribution is -2.31. The molecule has 4 nitrogen and oxygen atoms in total. The molecule has 110 valence electrons. The molecule has 20 heavy (non-hydrogen) atoms. The Morgan fingerprint density at radius 3 is 2.40 bits per heavy atom. The number of aliphatic hydroxyl groups excluding tert-OH is 2. The number of carbonyl (C=O) groups is 1. The van der Waals surface area contributed by atoms with E-state index in [9.17, 15) is 28.2 Å². The first kappa shape index (κ1) is 14.8. The number of carbonyl (C=O) groups excluding carboxylic acids is 1. The predicted octanol–water partition coefficient (Wildman–Crippen LogP) is 0.812. The van der Waals surface area contributed by atoms with E-state index in [1.54, 1.807) is 0 Å². The van der Waals surface area contributed by atoms with Crippen molar-refractivity contribution in [3.05, 3.63) is 35.4 Å². The van der Waals surface area contributed by atoms with E-state index in [0.29, 0.717) is 0 Å². The molecule has 0 spiro atoms. The Kier molecular flexibility index (Phi) is 4.01. The minimum absolute atomic E-state index is 0.00103. The first-order valence-electron chi connectivity index (χ1n) is 6.07. The van der Waals surface area contributed by atoms with Gasteiger partial charge < -0.3 is 15.1 Å². The molecule has 1 aliphatic heterocycles. The van der Waals surface area contributed by atoms with Crippen molar-refractivity contribution in [2.75, 3.05) is 13.1 Å². The monoisotopic (exact) mass is 289 g/mol. The van der Waals surface area contributed by atoms with E-state index in [-0.39, 0.29) is 25.1 Å². The molecule has 1 heterocycles. The van der Waals surface area contributed by atoms with Gasteiger partial charge in [0.2, 0.25) is 5.91 Å². The molecular weight excluding hydrogens is 275 g/mol. The lowest BCUT2D eigenvalue weighted by molar-refractivity contribution is -0.138. The van der Waals surface area contributed by atoms with Crippen LogP contribution in [-0.4, -0.2) is 46.3 Å². The number of rotatable bonds is 2. The Labute approximate surface area is 113 Å². The van der Waals surface area contributed by atoms with E-state index in [1.165, 1.54) is 17.0 Å². The van der Waals surface area contributed by atoms with Gasteiger partial charge in [0.1, 0.15) is 0 Å². The fourth-order valence-corrected chi connectivity index (χ4v) is 2.12. The number of alkyl halides is 3. The molecule has 0 aromatic heterocycles. The van der Waals surface area contributed by atoms with E-state index in [0.717, 1.165) is 12.1 Å². The molecule has 0 unspecified atom stereocenters. The fraction of sp³-hybridized carbons (Fsp3) is 0.462. The van der Waals surface area contributed by atoms with Crippen molar-refractivity contribution in [2.45, 2.75) is 24.8 Å². The summed E-state index contributed by atoms with van der Waals surface area (Å²) in [5.74, 6) is -0.417. The van der Waals surface area contributed by atoms with Gasteiger partial charge in [-0.05, 0) is 11.6 Å². The van der Waals surface area contributed by atoms with Gasteiger partial charge in [0.15, 0.2) is 0 Å². The zero-order chi connectivity index (χ0) is 14.9. The van der Waals surface area contributed by atoms with Crippen molar-refractivity contribution >= 4 is 5.91 Å². The summed E-state index contributed by atoms with van der Waals surface area (Å²) in [6, 6.07) is 4.56. The van der Waals surface area contributed by atoms with Gasteiger partial charge in [-0.3, -0.25) is 4.79 Å². The standard InChI is InChI=1S/C13H14F3NO3/c14-13(15,16)9-3-1-2-8(4-9)5-12(20)17-6-10(18)11(19)7-17/h1-4,10-11,18-19H,5-7H2/t10-,11+. The molecule has 2 N–H and O–H groups in total. The molecule has 0 saturated carbocycles. The Morgan fingerprint density at radius 2 is 1.85 bits per heavy atom. The van der Waals surface area contributed by atoms with Crippen molar-refractivity contribution < 1.29 is 28.2 Å². The van der Waals surface area contributed by atoms with Crippen LogP contribution in [0.1, 0.15) is 11.1 Å². The number of β-amino-alcohol motifs (C(OH)–C–C–N with tert-alkyl or cyclic N) is 2. The molecule has 1 aromatic carbocycles. The number of nitrogens with zero attached hydrogens (tertiary/aromatic N) is 1. The molecule has 1 aromatic rings. The number of aliphatic hydroxyl groups is 2. The molecule has 0 bridgehead atoms.